The van der Waals surface area contributed by atoms with Gasteiger partial charge in [0.2, 0.25) is 0 Å². The lowest BCUT2D eigenvalue weighted by Crippen LogP contribution is -2.25. The fourth-order valence-electron chi connectivity index (χ4n) is 10.3. The summed E-state index contributed by atoms with van der Waals surface area (Å²) in [5.41, 5.74) is 16.3. The molecule has 0 fully saturated rings. The van der Waals surface area contributed by atoms with E-state index in [1.54, 1.807) is 12.1 Å². The molecule has 10 aromatic rings. The van der Waals surface area contributed by atoms with Crippen LogP contribution in [0.3, 0.4) is 0 Å². The molecule has 0 spiro atoms. The number of rotatable bonds is 8. The second-order valence-corrected chi connectivity index (χ2v) is 22.4. The Labute approximate surface area is 430 Å². The van der Waals surface area contributed by atoms with Gasteiger partial charge in [-0.2, -0.15) is 0 Å². The fourth-order valence-corrected chi connectivity index (χ4v) is 10.3. The highest BCUT2D eigenvalue weighted by atomic mass is 16.5. The molecule has 1 aliphatic heterocycles. The maximum Gasteiger partial charge on any atom is 0.137 e. The summed E-state index contributed by atoms with van der Waals surface area (Å²) in [5.74, 6) is 2.34. The molecule has 0 aliphatic carbocycles. The first kappa shape index (κ1) is 42.9. The maximum atomic E-state index is 8.29. The Kier molecular flexibility index (Phi) is 10.6. The smallest absolute Gasteiger partial charge is 0.137 e. The van der Waals surface area contributed by atoms with Gasteiger partial charge >= 0.3 is 0 Å². The van der Waals surface area contributed by atoms with Crippen molar-refractivity contribution in [2.24, 2.45) is 0 Å². The average molecular weight is 944 g/mol. The van der Waals surface area contributed by atoms with Crippen LogP contribution in [0.15, 0.2) is 194 Å². The molecular formula is C67H64N4O. The highest BCUT2D eigenvalue weighted by Gasteiger charge is 2.32. The number of anilines is 4. The van der Waals surface area contributed by atoms with E-state index in [4.69, 9.17) is 13.8 Å². The minimum Gasteiger partial charge on any atom is -0.457 e. The van der Waals surface area contributed by atoms with Crippen molar-refractivity contribution in [3.63, 3.8) is 0 Å². The molecule has 11 rings (SSSR count). The Morgan fingerprint density at radius 1 is 0.458 bits per heavy atom. The van der Waals surface area contributed by atoms with E-state index in [0.29, 0.717) is 17.8 Å². The Bertz CT molecular complexity index is 3760. The van der Waals surface area contributed by atoms with Crippen molar-refractivity contribution in [3.05, 3.63) is 217 Å². The van der Waals surface area contributed by atoms with Crippen molar-refractivity contribution in [2.75, 3.05) is 16.5 Å². The Morgan fingerprint density at radius 2 is 1.04 bits per heavy atom. The second-order valence-electron chi connectivity index (χ2n) is 22.4. The van der Waals surface area contributed by atoms with E-state index in [1.165, 1.54) is 16.7 Å². The Hall–Kier alpha value is -7.89. The predicted octanol–water partition coefficient (Wildman–Crippen LogP) is 18.4. The summed E-state index contributed by atoms with van der Waals surface area (Å²) in [6.07, 6.45) is 1.91. The van der Waals surface area contributed by atoms with Crippen LogP contribution in [0.2, 0.25) is 0 Å². The molecule has 0 bridgehead atoms. The summed E-state index contributed by atoms with van der Waals surface area (Å²) in [5, 5.41) is 2.30. The van der Waals surface area contributed by atoms with Crippen LogP contribution in [-0.2, 0) is 16.2 Å². The summed E-state index contributed by atoms with van der Waals surface area (Å²) in [7, 11) is 0. The van der Waals surface area contributed by atoms with Gasteiger partial charge in [0, 0.05) is 50.0 Å². The standard InChI is InChI=1S/C67H64N4O/c1-44-19-11-12-22-54(44)45-29-31-46(32-30-45)55-24-18-25-56(47-37-49(66(5,6)7)39-50(38-47)67(8,9)10)64(55)70-43-69(60-27-15-16-28-61(60)70)51-20-17-21-52(41-51)72-53-33-34-58-57-23-13-14-26-59(57)71(62(58)42-53)63-40-48(35-36-68-63)65(2,3)4/h11-42H,43H2,1-10H3/i1D3. The number of pyridine rings is 1. The van der Waals surface area contributed by atoms with Crippen LogP contribution < -0.4 is 14.5 Å². The monoisotopic (exact) mass is 944 g/mol. The summed E-state index contributed by atoms with van der Waals surface area (Å²) >= 11 is 0. The average Bonchev–Trinajstić information content (AvgIpc) is 3.93. The molecule has 0 unspecified atom stereocenters. The topological polar surface area (TPSA) is 33.5 Å². The van der Waals surface area contributed by atoms with Gasteiger partial charge in [0.25, 0.3) is 0 Å². The third-order valence-corrected chi connectivity index (χ3v) is 14.3. The van der Waals surface area contributed by atoms with E-state index in [-0.39, 0.29) is 16.2 Å². The molecule has 0 amide bonds. The van der Waals surface area contributed by atoms with Gasteiger partial charge in [0.1, 0.15) is 24.0 Å². The fraction of sp³-hybridized carbons (Fsp3) is 0.209. The van der Waals surface area contributed by atoms with Gasteiger partial charge in [-0.05, 0) is 122 Å². The third kappa shape index (κ3) is 8.61. The minimum atomic E-state index is -2.24. The van der Waals surface area contributed by atoms with Gasteiger partial charge in [0.15, 0.2) is 0 Å². The van der Waals surface area contributed by atoms with Gasteiger partial charge in [0.05, 0.1) is 28.1 Å². The molecule has 5 nitrogen and oxygen atoms in total. The van der Waals surface area contributed by atoms with Crippen molar-refractivity contribution in [1.29, 1.82) is 0 Å². The normalized spacial score (nSPS) is 13.8. The van der Waals surface area contributed by atoms with Crippen molar-refractivity contribution in [1.82, 2.24) is 9.55 Å². The molecule has 1 aliphatic rings. The summed E-state index contributed by atoms with van der Waals surface area (Å²) in [6.45, 7) is 18.7. The number of hydrogen-bond acceptors (Lipinski definition) is 4. The molecule has 0 atom stereocenters. The Morgan fingerprint density at radius 3 is 1.75 bits per heavy atom. The van der Waals surface area contributed by atoms with E-state index in [1.807, 2.05) is 24.4 Å². The van der Waals surface area contributed by atoms with E-state index in [2.05, 4.69) is 234 Å². The third-order valence-electron chi connectivity index (χ3n) is 14.3. The SMILES string of the molecule is [2H]C([2H])([2H])c1ccccc1-c1ccc(-c2cccc(-c3cc(C(C)(C)C)cc(C(C)(C)C)c3)c2N2CN(c3cccc(Oc4ccc5c6ccccc6n(-c6cc(C(C)(C)C)ccn6)c5c4)c3)c3ccccc32)cc1. The second kappa shape index (κ2) is 17.8. The summed E-state index contributed by atoms with van der Waals surface area (Å²) in [4.78, 5) is 9.74. The van der Waals surface area contributed by atoms with Crippen molar-refractivity contribution >= 4 is 44.6 Å². The number of fused-ring (bicyclic) bond motifs is 4. The van der Waals surface area contributed by atoms with E-state index >= 15 is 0 Å². The Balaban J connectivity index is 1.01. The molecular weight excluding hydrogens is 877 g/mol. The van der Waals surface area contributed by atoms with E-state index < -0.39 is 6.85 Å². The first-order valence-corrected chi connectivity index (χ1v) is 25.1. The largest absolute Gasteiger partial charge is 0.457 e. The van der Waals surface area contributed by atoms with Crippen molar-refractivity contribution < 1.29 is 8.85 Å². The van der Waals surface area contributed by atoms with Crippen LogP contribution in [0.25, 0.3) is 61.0 Å². The first-order valence-electron chi connectivity index (χ1n) is 26.6. The molecule has 3 heterocycles. The van der Waals surface area contributed by atoms with Crippen LogP contribution in [0.1, 0.15) is 88.7 Å². The van der Waals surface area contributed by atoms with Gasteiger partial charge in [-0.3, -0.25) is 4.57 Å². The number of nitrogens with zero attached hydrogens (tertiary/aromatic N) is 4. The van der Waals surface area contributed by atoms with Crippen LogP contribution >= 0.6 is 0 Å². The van der Waals surface area contributed by atoms with Crippen LogP contribution in [-0.4, -0.2) is 16.2 Å². The number of para-hydroxylation sites is 4. The van der Waals surface area contributed by atoms with E-state index in [0.717, 1.165) is 89.7 Å². The van der Waals surface area contributed by atoms with Gasteiger partial charge in [-0.15, -0.1) is 0 Å². The quantitative estimate of drug-likeness (QED) is 0.152. The van der Waals surface area contributed by atoms with E-state index in [9.17, 15) is 0 Å². The predicted molar refractivity (Wildman–Crippen MR) is 304 cm³/mol. The molecule has 0 radical (unpaired) electrons. The van der Waals surface area contributed by atoms with Crippen LogP contribution in [0.5, 0.6) is 11.5 Å². The maximum absolute atomic E-state index is 8.29. The van der Waals surface area contributed by atoms with Crippen LogP contribution in [0.4, 0.5) is 22.7 Å². The van der Waals surface area contributed by atoms with Crippen molar-refractivity contribution in [2.45, 2.75) is 85.4 Å². The van der Waals surface area contributed by atoms with Gasteiger partial charge in [-0.25, -0.2) is 4.98 Å². The molecule has 358 valence electrons. The zero-order chi connectivity index (χ0) is 52.6. The summed E-state index contributed by atoms with van der Waals surface area (Å²) < 4.78 is 34.0. The number of ether oxygens (including phenoxy) is 1. The number of aryl methyl sites for hydroxylation is 1. The zero-order valence-corrected chi connectivity index (χ0v) is 42.9. The lowest BCUT2D eigenvalue weighted by atomic mass is 9.78. The molecule has 2 aromatic heterocycles. The number of hydrogen-bond donors (Lipinski definition) is 0. The molecule has 8 aromatic carbocycles. The van der Waals surface area contributed by atoms with Crippen LogP contribution in [0, 0.1) is 6.85 Å². The molecule has 0 saturated heterocycles. The van der Waals surface area contributed by atoms with Crippen molar-refractivity contribution in [3.8, 4) is 50.7 Å². The molecule has 5 heteroatoms. The van der Waals surface area contributed by atoms with Gasteiger partial charge < -0.3 is 14.5 Å². The van der Waals surface area contributed by atoms with Gasteiger partial charge in [-0.1, -0.05) is 184 Å². The number of benzene rings is 8. The summed E-state index contributed by atoms with van der Waals surface area (Å²) in [6, 6.07) is 65.7. The highest BCUT2D eigenvalue weighted by molar-refractivity contribution is 6.09. The molecule has 0 saturated carbocycles. The number of aromatic nitrogens is 2. The lowest BCUT2D eigenvalue weighted by Gasteiger charge is -2.29. The minimum absolute atomic E-state index is 0.0336. The highest BCUT2D eigenvalue weighted by Crippen LogP contribution is 2.51. The molecule has 72 heavy (non-hydrogen) atoms. The lowest BCUT2D eigenvalue weighted by molar-refractivity contribution is 0.483. The zero-order valence-electron chi connectivity index (χ0n) is 45.9. The molecule has 0 N–H and O–H groups in total. The first-order chi connectivity index (χ1) is 35.7.